The van der Waals surface area contributed by atoms with Gasteiger partial charge in [-0.05, 0) is 50.3 Å². The van der Waals surface area contributed by atoms with E-state index in [1.165, 1.54) is 57.4 Å². The summed E-state index contributed by atoms with van der Waals surface area (Å²) in [4.78, 5) is 11.3. The Bertz CT molecular complexity index is 763. The van der Waals surface area contributed by atoms with E-state index in [1.807, 2.05) is 12.1 Å². The Morgan fingerprint density at radius 1 is 0.862 bits per heavy atom. The van der Waals surface area contributed by atoms with E-state index in [-0.39, 0.29) is 11.9 Å². The van der Waals surface area contributed by atoms with Gasteiger partial charge in [0.15, 0.2) is 6.29 Å². The molecular weight excluding hydrogens is 368 g/mol. The molecule has 1 atom stereocenters. The summed E-state index contributed by atoms with van der Waals surface area (Å²) in [6.45, 7) is 2.39. The van der Waals surface area contributed by atoms with Gasteiger partial charge in [-0.25, -0.2) is 4.79 Å². The summed E-state index contributed by atoms with van der Waals surface area (Å²) < 4.78 is 22.3. The predicted molar refractivity (Wildman–Crippen MR) is 114 cm³/mol. The first-order valence-electron chi connectivity index (χ1n) is 11.2. The molecule has 0 aliphatic carbocycles. The highest BCUT2D eigenvalue weighted by molar-refractivity contribution is 5.77. The highest BCUT2D eigenvalue weighted by Crippen LogP contribution is 2.20. The zero-order valence-electron chi connectivity index (χ0n) is 17.4. The summed E-state index contributed by atoms with van der Waals surface area (Å²) in [7, 11) is 0. The lowest BCUT2D eigenvalue weighted by Gasteiger charge is -2.22. The predicted octanol–water partition coefficient (Wildman–Crippen LogP) is 5.84. The molecule has 1 aliphatic rings. The van der Waals surface area contributed by atoms with E-state index in [1.54, 1.807) is 12.1 Å². The Kier molecular flexibility index (Phi) is 9.54. The van der Waals surface area contributed by atoms with Gasteiger partial charge in [-0.2, -0.15) is 0 Å². The molecule has 0 N–H and O–H groups in total. The Morgan fingerprint density at radius 3 is 2.34 bits per heavy atom. The minimum Gasteiger partial charge on any atom is -0.493 e. The Morgan fingerprint density at radius 2 is 1.59 bits per heavy atom. The van der Waals surface area contributed by atoms with Gasteiger partial charge in [0.25, 0.3) is 0 Å². The molecule has 1 fully saturated rings. The SMILES string of the molecule is O=c1ccc2ccc(OCCCCCCCCCCOC3CCCCO3)cc2o1. The lowest BCUT2D eigenvalue weighted by atomic mass is 10.1. The quantitative estimate of drug-likeness (QED) is 0.311. The zero-order valence-corrected chi connectivity index (χ0v) is 17.4. The van der Waals surface area contributed by atoms with Crippen molar-refractivity contribution in [3.63, 3.8) is 0 Å². The first kappa shape index (κ1) is 21.8. The van der Waals surface area contributed by atoms with Crippen LogP contribution >= 0.6 is 0 Å². The smallest absolute Gasteiger partial charge is 0.336 e. The van der Waals surface area contributed by atoms with E-state index in [2.05, 4.69) is 0 Å². The first-order valence-corrected chi connectivity index (χ1v) is 11.2. The molecule has 1 unspecified atom stereocenters. The number of benzene rings is 1. The molecule has 0 spiro atoms. The number of hydrogen-bond donors (Lipinski definition) is 0. The van der Waals surface area contributed by atoms with Crippen LogP contribution in [-0.2, 0) is 9.47 Å². The molecule has 1 aromatic carbocycles. The maximum Gasteiger partial charge on any atom is 0.336 e. The fraction of sp³-hybridized carbons (Fsp3) is 0.625. The largest absolute Gasteiger partial charge is 0.493 e. The summed E-state index contributed by atoms with van der Waals surface area (Å²) >= 11 is 0. The van der Waals surface area contributed by atoms with Crippen molar-refractivity contribution < 1.29 is 18.6 Å². The third kappa shape index (κ3) is 8.19. The molecule has 1 saturated heterocycles. The zero-order chi connectivity index (χ0) is 20.2. The molecule has 29 heavy (non-hydrogen) atoms. The van der Waals surface area contributed by atoms with Gasteiger partial charge in [-0.15, -0.1) is 0 Å². The normalized spacial score (nSPS) is 16.9. The van der Waals surface area contributed by atoms with Gasteiger partial charge in [0.05, 0.1) is 6.61 Å². The van der Waals surface area contributed by atoms with Crippen molar-refractivity contribution in [2.75, 3.05) is 19.8 Å². The molecule has 160 valence electrons. The monoisotopic (exact) mass is 402 g/mol. The number of rotatable bonds is 13. The Hall–Kier alpha value is -1.85. The van der Waals surface area contributed by atoms with E-state index in [0.29, 0.717) is 12.2 Å². The van der Waals surface area contributed by atoms with Crippen LogP contribution in [0.15, 0.2) is 39.5 Å². The maximum atomic E-state index is 11.3. The lowest BCUT2D eigenvalue weighted by Crippen LogP contribution is -2.22. The van der Waals surface area contributed by atoms with Crippen LogP contribution in [0, 0.1) is 0 Å². The third-order valence-corrected chi connectivity index (χ3v) is 5.34. The van der Waals surface area contributed by atoms with Crippen LogP contribution in [-0.4, -0.2) is 26.1 Å². The minimum absolute atomic E-state index is 0.0547. The summed E-state index contributed by atoms with van der Waals surface area (Å²) in [6.07, 6.45) is 13.3. The Labute approximate surface area is 173 Å². The van der Waals surface area contributed by atoms with Crippen molar-refractivity contribution >= 4 is 11.0 Å². The Balaban J connectivity index is 1.14. The van der Waals surface area contributed by atoms with Crippen LogP contribution < -0.4 is 10.4 Å². The molecule has 1 aromatic heterocycles. The van der Waals surface area contributed by atoms with E-state index < -0.39 is 0 Å². The van der Waals surface area contributed by atoms with Gasteiger partial charge in [0.2, 0.25) is 0 Å². The van der Waals surface area contributed by atoms with Gasteiger partial charge in [-0.3, -0.25) is 0 Å². The molecule has 1 aliphatic heterocycles. The van der Waals surface area contributed by atoms with Gasteiger partial charge in [0.1, 0.15) is 11.3 Å². The maximum absolute atomic E-state index is 11.3. The van der Waals surface area contributed by atoms with Crippen molar-refractivity contribution in [2.24, 2.45) is 0 Å². The molecule has 2 heterocycles. The average molecular weight is 403 g/mol. The first-order chi connectivity index (χ1) is 14.3. The average Bonchev–Trinajstić information content (AvgIpc) is 2.75. The van der Waals surface area contributed by atoms with Crippen LogP contribution in [0.5, 0.6) is 5.75 Å². The van der Waals surface area contributed by atoms with Gasteiger partial charge in [0, 0.05) is 30.7 Å². The van der Waals surface area contributed by atoms with Gasteiger partial charge < -0.3 is 18.6 Å². The summed E-state index contributed by atoms with van der Waals surface area (Å²) in [5.41, 5.74) is 0.243. The standard InChI is InChI=1S/C24H34O5/c25-23-15-13-20-12-14-21(19-22(20)29-23)26-16-8-5-3-1-2-4-6-9-17-27-24-11-7-10-18-28-24/h12-15,19,24H,1-11,16-18H2. The van der Waals surface area contributed by atoms with Gasteiger partial charge >= 0.3 is 5.63 Å². The lowest BCUT2D eigenvalue weighted by molar-refractivity contribution is -0.162. The second-order valence-electron chi connectivity index (χ2n) is 7.80. The molecule has 0 saturated carbocycles. The van der Waals surface area contributed by atoms with Crippen LogP contribution in [0.1, 0.15) is 70.6 Å². The van der Waals surface area contributed by atoms with Crippen molar-refractivity contribution in [2.45, 2.75) is 76.9 Å². The van der Waals surface area contributed by atoms with Crippen LogP contribution in [0.2, 0.25) is 0 Å². The van der Waals surface area contributed by atoms with E-state index in [0.717, 1.165) is 43.6 Å². The second-order valence-corrected chi connectivity index (χ2v) is 7.80. The molecule has 3 rings (SSSR count). The van der Waals surface area contributed by atoms with Crippen molar-refractivity contribution in [3.05, 3.63) is 40.8 Å². The molecule has 5 nitrogen and oxygen atoms in total. The summed E-state index contributed by atoms with van der Waals surface area (Å²) in [5, 5.41) is 0.908. The number of unbranched alkanes of at least 4 members (excludes halogenated alkanes) is 7. The third-order valence-electron chi connectivity index (χ3n) is 5.34. The van der Waals surface area contributed by atoms with E-state index in [4.69, 9.17) is 18.6 Å². The molecule has 0 bridgehead atoms. The topological polar surface area (TPSA) is 57.9 Å². The number of fused-ring (bicyclic) bond motifs is 1. The van der Waals surface area contributed by atoms with E-state index in [9.17, 15) is 4.79 Å². The molecular formula is C24H34O5. The highest BCUT2D eigenvalue weighted by Gasteiger charge is 2.13. The minimum atomic E-state index is -0.333. The summed E-state index contributed by atoms with van der Waals surface area (Å²) in [5.74, 6) is 0.757. The fourth-order valence-corrected chi connectivity index (χ4v) is 3.64. The molecule has 0 amide bonds. The van der Waals surface area contributed by atoms with Crippen LogP contribution in [0.3, 0.4) is 0 Å². The number of ether oxygens (including phenoxy) is 3. The highest BCUT2D eigenvalue weighted by atomic mass is 16.7. The molecule has 5 heteroatoms. The fourth-order valence-electron chi connectivity index (χ4n) is 3.64. The van der Waals surface area contributed by atoms with Gasteiger partial charge in [-0.1, -0.05) is 38.5 Å². The van der Waals surface area contributed by atoms with Crippen LogP contribution in [0.4, 0.5) is 0 Å². The molecule has 0 radical (unpaired) electrons. The van der Waals surface area contributed by atoms with E-state index >= 15 is 0 Å². The van der Waals surface area contributed by atoms with Crippen molar-refractivity contribution in [1.29, 1.82) is 0 Å². The van der Waals surface area contributed by atoms with Crippen molar-refractivity contribution in [3.8, 4) is 5.75 Å². The van der Waals surface area contributed by atoms with Crippen LogP contribution in [0.25, 0.3) is 11.0 Å². The second kappa shape index (κ2) is 12.7. The molecule has 2 aromatic rings. The summed E-state index contributed by atoms with van der Waals surface area (Å²) in [6, 6.07) is 8.83. The number of hydrogen-bond acceptors (Lipinski definition) is 5. The van der Waals surface area contributed by atoms with Crippen molar-refractivity contribution in [1.82, 2.24) is 0 Å².